The van der Waals surface area contributed by atoms with Crippen molar-refractivity contribution < 1.29 is 4.79 Å². The largest absolute Gasteiger partial charge is 0.294 e. The second kappa shape index (κ2) is 5.51. The molecule has 0 atom stereocenters. The number of rotatable bonds is 3. The Bertz CT molecular complexity index is 791. The zero-order chi connectivity index (χ0) is 15.7. The number of benzene rings is 1. The van der Waals surface area contributed by atoms with Crippen LogP contribution in [0.25, 0.3) is 0 Å². The fraction of sp³-hybridized carbons (Fsp3) is 0.278. The smallest absolute Gasteiger partial charge is 0.168 e. The Kier molecular flexibility index (Phi) is 3.67. The van der Waals surface area contributed by atoms with Gasteiger partial charge in [-0.2, -0.15) is 5.26 Å². The summed E-state index contributed by atoms with van der Waals surface area (Å²) < 4.78 is 0. The number of nitrogens with zero attached hydrogens (tertiary/aromatic N) is 2. The Balaban J connectivity index is 1.87. The summed E-state index contributed by atoms with van der Waals surface area (Å²) in [4.78, 5) is 18.6. The highest BCUT2D eigenvalue weighted by Gasteiger charge is 2.28. The van der Waals surface area contributed by atoms with E-state index in [0.29, 0.717) is 17.5 Å². The molecule has 0 unspecified atom stereocenters. The predicted octanol–water partition coefficient (Wildman–Crippen LogP) is 4.02. The summed E-state index contributed by atoms with van der Waals surface area (Å²) in [6.07, 6.45) is 1.23. The summed E-state index contributed by atoms with van der Waals surface area (Å²) in [5.41, 5.74) is 3.03. The van der Waals surface area contributed by atoms with E-state index in [-0.39, 0.29) is 11.3 Å². The molecule has 110 valence electrons. The molecule has 3 rings (SSSR count). The van der Waals surface area contributed by atoms with E-state index >= 15 is 0 Å². The van der Waals surface area contributed by atoms with Crippen LogP contribution < -0.4 is 0 Å². The molecular weight excluding hydrogens is 292 g/mol. The summed E-state index contributed by atoms with van der Waals surface area (Å²) in [6.45, 7) is 4.20. The van der Waals surface area contributed by atoms with E-state index < -0.39 is 0 Å². The summed E-state index contributed by atoms with van der Waals surface area (Å²) in [5.74, 6) is 0.0399. The van der Waals surface area contributed by atoms with Crippen molar-refractivity contribution in [1.29, 1.82) is 5.26 Å². The highest BCUT2D eigenvalue weighted by Crippen LogP contribution is 2.31. The van der Waals surface area contributed by atoms with Gasteiger partial charge in [-0.05, 0) is 37.4 Å². The summed E-state index contributed by atoms with van der Waals surface area (Å²) in [7, 11) is 0. The summed E-state index contributed by atoms with van der Waals surface area (Å²) in [6, 6.07) is 10.9. The minimum absolute atomic E-state index is 0.0399. The van der Waals surface area contributed by atoms with E-state index in [9.17, 15) is 4.79 Å². The van der Waals surface area contributed by atoms with Crippen LogP contribution in [0.1, 0.15) is 46.6 Å². The number of ketones is 1. The topological polar surface area (TPSA) is 53.2 Å². The van der Waals surface area contributed by atoms with Gasteiger partial charge in [0.15, 0.2) is 5.78 Å². The van der Waals surface area contributed by atoms with Crippen LogP contribution in [0.15, 0.2) is 40.7 Å². The van der Waals surface area contributed by atoms with E-state index in [1.54, 1.807) is 35.6 Å². The lowest BCUT2D eigenvalue weighted by atomic mass is 9.90. The van der Waals surface area contributed by atoms with Gasteiger partial charge in [-0.25, -0.2) is 0 Å². The van der Waals surface area contributed by atoms with Crippen LogP contribution in [0.5, 0.6) is 0 Å². The van der Waals surface area contributed by atoms with Gasteiger partial charge in [-0.15, -0.1) is 11.3 Å². The molecular formula is C18H16N2OS. The fourth-order valence-electron chi connectivity index (χ4n) is 2.71. The molecule has 0 spiro atoms. The van der Waals surface area contributed by atoms with Gasteiger partial charge in [0.2, 0.25) is 0 Å². The Hall–Kier alpha value is -2.25. The van der Waals surface area contributed by atoms with E-state index in [1.165, 1.54) is 4.88 Å². The van der Waals surface area contributed by atoms with Crippen LogP contribution in [0.3, 0.4) is 0 Å². The third kappa shape index (κ3) is 2.86. The first kappa shape index (κ1) is 14.7. The lowest BCUT2D eigenvalue weighted by Crippen LogP contribution is -2.28. The van der Waals surface area contributed by atoms with E-state index in [0.717, 1.165) is 17.7 Å². The minimum Gasteiger partial charge on any atom is -0.294 e. The number of nitriles is 1. The minimum atomic E-state index is -0.155. The first-order valence-electron chi connectivity index (χ1n) is 7.17. The average Bonchev–Trinajstić information content (AvgIpc) is 2.94. The molecule has 1 aromatic heterocycles. The normalized spacial score (nSPS) is 15.6. The Labute approximate surface area is 133 Å². The van der Waals surface area contributed by atoms with Gasteiger partial charge < -0.3 is 0 Å². The van der Waals surface area contributed by atoms with Gasteiger partial charge in [0, 0.05) is 22.4 Å². The fourth-order valence-corrected chi connectivity index (χ4v) is 3.83. The average molecular weight is 308 g/mol. The molecule has 0 bridgehead atoms. The third-order valence-electron chi connectivity index (χ3n) is 3.75. The van der Waals surface area contributed by atoms with Crippen LogP contribution >= 0.6 is 11.3 Å². The number of fused-ring (bicyclic) bond motifs is 1. The first-order valence-corrected chi connectivity index (χ1v) is 8.05. The van der Waals surface area contributed by atoms with Crippen molar-refractivity contribution in [3.05, 3.63) is 57.3 Å². The molecule has 0 aliphatic carbocycles. The monoisotopic (exact) mass is 308 g/mol. The standard InChI is InChI=1S/C18H16N2OS/c1-18(2)10-17-14(7-8-22-17)15(20-18)9-16(21)13-5-3-12(11-19)4-6-13/h3-8H,9-10H2,1-2H3. The van der Waals surface area contributed by atoms with Crippen molar-refractivity contribution in [2.24, 2.45) is 4.99 Å². The van der Waals surface area contributed by atoms with Crippen molar-refractivity contribution in [2.45, 2.75) is 32.2 Å². The summed E-state index contributed by atoms with van der Waals surface area (Å²) >= 11 is 1.73. The molecule has 0 saturated heterocycles. The number of hydrogen-bond acceptors (Lipinski definition) is 4. The molecule has 2 aromatic rings. The van der Waals surface area contributed by atoms with Gasteiger partial charge in [0.05, 0.1) is 29.3 Å². The van der Waals surface area contributed by atoms with Gasteiger partial charge in [-0.3, -0.25) is 9.79 Å². The predicted molar refractivity (Wildman–Crippen MR) is 88.7 cm³/mol. The molecule has 0 amide bonds. The lowest BCUT2D eigenvalue weighted by Gasteiger charge is -2.26. The lowest BCUT2D eigenvalue weighted by molar-refractivity contribution is 0.100. The highest BCUT2D eigenvalue weighted by molar-refractivity contribution is 7.10. The maximum Gasteiger partial charge on any atom is 0.168 e. The van der Waals surface area contributed by atoms with E-state index in [1.807, 2.05) is 0 Å². The van der Waals surface area contributed by atoms with E-state index in [4.69, 9.17) is 10.3 Å². The van der Waals surface area contributed by atoms with Crippen LogP contribution in [0.4, 0.5) is 0 Å². The van der Waals surface area contributed by atoms with Gasteiger partial charge in [0.1, 0.15) is 0 Å². The first-order chi connectivity index (χ1) is 10.5. The molecule has 22 heavy (non-hydrogen) atoms. The number of thiophene rings is 1. The molecule has 0 N–H and O–H groups in total. The van der Waals surface area contributed by atoms with Crippen LogP contribution in [0, 0.1) is 11.3 Å². The number of hydrogen-bond donors (Lipinski definition) is 0. The second-order valence-electron chi connectivity index (χ2n) is 6.09. The Morgan fingerprint density at radius 1 is 1.32 bits per heavy atom. The SMILES string of the molecule is CC1(C)Cc2sccc2C(CC(=O)c2ccc(C#N)cc2)=N1. The number of carbonyl (C=O) groups is 1. The molecule has 1 aromatic carbocycles. The maximum atomic E-state index is 12.5. The number of Topliss-reactive ketones (excluding diaryl/α,β-unsaturated/α-hetero) is 1. The molecule has 1 aliphatic rings. The molecule has 3 nitrogen and oxygen atoms in total. The molecule has 1 aliphatic heterocycles. The third-order valence-corrected chi connectivity index (χ3v) is 4.67. The van der Waals surface area contributed by atoms with Gasteiger partial charge >= 0.3 is 0 Å². The van der Waals surface area contributed by atoms with Crippen molar-refractivity contribution >= 4 is 22.8 Å². The zero-order valence-corrected chi connectivity index (χ0v) is 13.4. The second-order valence-corrected chi connectivity index (χ2v) is 7.09. The Morgan fingerprint density at radius 3 is 2.73 bits per heavy atom. The summed E-state index contributed by atoms with van der Waals surface area (Å²) in [5, 5.41) is 10.9. The number of carbonyl (C=O) groups excluding carboxylic acids is 1. The van der Waals surface area contributed by atoms with Crippen LogP contribution in [-0.2, 0) is 6.42 Å². The molecule has 2 heterocycles. The van der Waals surface area contributed by atoms with Crippen LogP contribution in [0.2, 0.25) is 0 Å². The highest BCUT2D eigenvalue weighted by atomic mass is 32.1. The molecule has 0 radical (unpaired) electrons. The number of aliphatic imine (C=N–C) groups is 1. The molecule has 0 saturated carbocycles. The zero-order valence-electron chi connectivity index (χ0n) is 12.6. The van der Waals surface area contributed by atoms with Crippen molar-refractivity contribution in [2.75, 3.05) is 0 Å². The molecule has 4 heteroatoms. The van der Waals surface area contributed by atoms with Gasteiger partial charge in [0.25, 0.3) is 0 Å². The van der Waals surface area contributed by atoms with Crippen molar-refractivity contribution in [3.8, 4) is 6.07 Å². The van der Waals surface area contributed by atoms with Crippen LogP contribution in [-0.4, -0.2) is 17.0 Å². The van der Waals surface area contributed by atoms with Crippen molar-refractivity contribution in [1.82, 2.24) is 0 Å². The quantitative estimate of drug-likeness (QED) is 0.804. The van der Waals surface area contributed by atoms with Crippen molar-refractivity contribution in [3.63, 3.8) is 0 Å². The Morgan fingerprint density at radius 2 is 2.05 bits per heavy atom. The maximum absolute atomic E-state index is 12.5. The van der Waals surface area contributed by atoms with E-state index in [2.05, 4.69) is 31.4 Å². The molecule has 0 fully saturated rings. The van der Waals surface area contributed by atoms with Gasteiger partial charge in [-0.1, -0.05) is 12.1 Å².